The lowest BCUT2D eigenvalue weighted by atomic mass is 9.92. The molecule has 0 aromatic heterocycles. The van der Waals surface area contributed by atoms with Gasteiger partial charge in [0.1, 0.15) is 5.75 Å². The highest BCUT2D eigenvalue weighted by Gasteiger charge is 2.21. The molecule has 1 atom stereocenters. The molecule has 0 radical (unpaired) electrons. The van der Waals surface area contributed by atoms with Crippen LogP contribution in [0.2, 0.25) is 0 Å². The van der Waals surface area contributed by atoms with Gasteiger partial charge in [0.15, 0.2) is 0 Å². The van der Waals surface area contributed by atoms with Crippen molar-refractivity contribution in [1.82, 2.24) is 4.90 Å². The van der Waals surface area contributed by atoms with Gasteiger partial charge in [-0.25, -0.2) is 0 Å². The smallest absolute Gasteiger partial charge is 0.229 e. The molecule has 3 heteroatoms. The number of amides is 1. The van der Waals surface area contributed by atoms with Crippen molar-refractivity contribution in [3.05, 3.63) is 29.8 Å². The van der Waals surface area contributed by atoms with Crippen molar-refractivity contribution in [2.45, 2.75) is 32.1 Å². The van der Waals surface area contributed by atoms with Crippen LogP contribution in [0.5, 0.6) is 5.75 Å². The van der Waals surface area contributed by atoms with Crippen LogP contribution in [0.3, 0.4) is 0 Å². The van der Waals surface area contributed by atoms with Crippen molar-refractivity contribution >= 4 is 5.91 Å². The van der Waals surface area contributed by atoms with E-state index in [9.17, 15) is 9.90 Å². The Morgan fingerprint density at radius 2 is 1.88 bits per heavy atom. The SMILES string of the molecule is CCCCC(C(=O)N(C)C)c1ccc(O)cc1. The number of phenols is 1. The molecule has 0 spiro atoms. The summed E-state index contributed by atoms with van der Waals surface area (Å²) in [6.45, 7) is 2.12. The lowest BCUT2D eigenvalue weighted by molar-refractivity contribution is -0.130. The molecule has 1 aromatic carbocycles. The van der Waals surface area contributed by atoms with Crippen LogP contribution in [0, 0.1) is 0 Å². The molecule has 1 rings (SSSR count). The Hall–Kier alpha value is -1.51. The summed E-state index contributed by atoms with van der Waals surface area (Å²) in [5.74, 6) is 0.273. The molecule has 1 amide bonds. The van der Waals surface area contributed by atoms with Crippen molar-refractivity contribution in [3.8, 4) is 5.75 Å². The fraction of sp³-hybridized carbons (Fsp3) is 0.500. The van der Waals surface area contributed by atoms with E-state index in [4.69, 9.17) is 0 Å². The van der Waals surface area contributed by atoms with E-state index in [1.807, 2.05) is 12.1 Å². The molecule has 1 unspecified atom stereocenters. The second kappa shape index (κ2) is 6.28. The third-order valence-electron chi connectivity index (χ3n) is 2.88. The van der Waals surface area contributed by atoms with Crippen LogP contribution in [0.25, 0.3) is 0 Å². The number of rotatable bonds is 5. The highest BCUT2D eigenvalue weighted by molar-refractivity contribution is 5.83. The third kappa shape index (κ3) is 3.77. The van der Waals surface area contributed by atoms with Crippen LogP contribution in [-0.2, 0) is 4.79 Å². The summed E-state index contributed by atoms with van der Waals surface area (Å²) < 4.78 is 0. The lowest BCUT2D eigenvalue weighted by Gasteiger charge is -2.20. The predicted octanol–water partition coefficient (Wildman–Crippen LogP) is 2.75. The largest absolute Gasteiger partial charge is 0.508 e. The predicted molar refractivity (Wildman–Crippen MR) is 69.1 cm³/mol. The number of carbonyl (C=O) groups is 1. The fourth-order valence-corrected chi connectivity index (χ4v) is 1.86. The third-order valence-corrected chi connectivity index (χ3v) is 2.88. The van der Waals surface area contributed by atoms with Gasteiger partial charge in [0.05, 0.1) is 5.92 Å². The van der Waals surface area contributed by atoms with Crippen molar-refractivity contribution in [1.29, 1.82) is 0 Å². The molecule has 1 aromatic rings. The first-order chi connectivity index (χ1) is 8.06. The van der Waals surface area contributed by atoms with Crippen molar-refractivity contribution in [3.63, 3.8) is 0 Å². The van der Waals surface area contributed by atoms with E-state index in [1.165, 1.54) is 0 Å². The van der Waals surface area contributed by atoms with E-state index in [0.717, 1.165) is 24.8 Å². The summed E-state index contributed by atoms with van der Waals surface area (Å²) in [5, 5.41) is 9.27. The Morgan fingerprint density at radius 3 is 2.35 bits per heavy atom. The van der Waals surface area contributed by atoms with Crippen molar-refractivity contribution in [2.75, 3.05) is 14.1 Å². The molecule has 0 fully saturated rings. The molecule has 0 aliphatic heterocycles. The van der Waals surface area contributed by atoms with E-state index < -0.39 is 0 Å². The zero-order chi connectivity index (χ0) is 12.8. The summed E-state index contributed by atoms with van der Waals surface area (Å²) in [6, 6.07) is 6.93. The van der Waals surface area contributed by atoms with E-state index in [-0.39, 0.29) is 17.6 Å². The van der Waals surface area contributed by atoms with Gasteiger partial charge in [0.2, 0.25) is 5.91 Å². The number of hydrogen-bond donors (Lipinski definition) is 1. The zero-order valence-corrected chi connectivity index (χ0v) is 10.8. The Balaban J connectivity index is 2.89. The monoisotopic (exact) mass is 235 g/mol. The van der Waals surface area contributed by atoms with Gasteiger partial charge in [-0.1, -0.05) is 31.9 Å². The van der Waals surface area contributed by atoms with E-state index >= 15 is 0 Å². The summed E-state index contributed by atoms with van der Waals surface area (Å²) in [7, 11) is 3.56. The minimum Gasteiger partial charge on any atom is -0.508 e. The first-order valence-electron chi connectivity index (χ1n) is 6.06. The van der Waals surface area contributed by atoms with Gasteiger partial charge in [-0.3, -0.25) is 4.79 Å². The van der Waals surface area contributed by atoms with Crippen LogP contribution in [-0.4, -0.2) is 30.0 Å². The fourth-order valence-electron chi connectivity index (χ4n) is 1.86. The molecule has 17 heavy (non-hydrogen) atoms. The molecule has 0 bridgehead atoms. The second-order valence-electron chi connectivity index (χ2n) is 4.52. The molecule has 0 saturated carbocycles. The van der Waals surface area contributed by atoms with Gasteiger partial charge in [-0.2, -0.15) is 0 Å². The highest BCUT2D eigenvalue weighted by atomic mass is 16.3. The molecule has 0 saturated heterocycles. The number of unbranched alkanes of at least 4 members (excludes halogenated alkanes) is 1. The van der Waals surface area contributed by atoms with Gasteiger partial charge in [0.25, 0.3) is 0 Å². The zero-order valence-electron chi connectivity index (χ0n) is 10.8. The average molecular weight is 235 g/mol. The number of phenolic OH excluding ortho intramolecular Hbond substituents is 1. The molecule has 94 valence electrons. The first-order valence-corrected chi connectivity index (χ1v) is 6.06. The maximum Gasteiger partial charge on any atom is 0.229 e. The summed E-state index contributed by atoms with van der Waals surface area (Å²) in [4.78, 5) is 13.7. The summed E-state index contributed by atoms with van der Waals surface area (Å²) in [6.07, 6.45) is 2.97. The minimum absolute atomic E-state index is 0.0921. The molecular weight excluding hydrogens is 214 g/mol. The lowest BCUT2D eigenvalue weighted by Crippen LogP contribution is -2.28. The Kier molecular flexibility index (Phi) is 5.01. The molecule has 0 aliphatic rings. The highest BCUT2D eigenvalue weighted by Crippen LogP contribution is 2.25. The van der Waals surface area contributed by atoms with Crippen LogP contribution in [0.4, 0.5) is 0 Å². The first kappa shape index (κ1) is 13.6. The van der Waals surface area contributed by atoms with Gasteiger partial charge >= 0.3 is 0 Å². The number of benzene rings is 1. The number of hydrogen-bond acceptors (Lipinski definition) is 2. The molecule has 0 aliphatic carbocycles. The normalized spacial score (nSPS) is 12.2. The van der Waals surface area contributed by atoms with Gasteiger partial charge in [0, 0.05) is 14.1 Å². The van der Waals surface area contributed by atoms with Gasteiger partial charge < -0.3 is 10.0 Å². The summed E-state index contributed by atoms with van der Waals surface area (Å²) in [5.41, 5.74) is 0.981. The number of nitrogens with zero attached hydrogens (tertiary/aromatic N) is 1. The van der Waals surface area contributed by atoms with E-state index in [0.29, 0.717) is 0 Å². The van der Waals surface area contributed by atoms with Crippen LogP contribution in [0.15, 0.2) is 24.3 Å². The summed E-state index contributed by atoms with van der Waals surface area (Å²) >= 11 is 0. The maximum atomic E-state index is 12.1. The molecular formula is C14H21NO2. The number of likely N-dealkylation sites (N-methyl/N-ethyl adjacent to an activating group) is 1. The average Bonchev–Trinajstić information content (AvgIpc) is 2.31. The standard InChI is InChI=1S/C14H21NO2/c1-4-5-6-13(14(17)15(2)3)11-7-9-12(16)10-8-11/h7-10,13,16H,4-6H2,1-3H3. The topological polar surface area (TPSA) is 40.5 Å². The van der Waals surface area contributed by atoms with Crippen LogP contribution >= 0.6 is 0 Å². The Labute approximate surface area is 103 Å². The van der Waals surface area contributed by atoms with Gasteiger partial charge in [-0.15, -0.1) is 0 Å². The Morgan fingerprint density at radius 1 is 1.29 bits per heavy atom. The Bertz CT molecular complexity index is 357. The van der Waals surface area contributed by atoms with Crippen molar-refractivity contribution < 1.29 is 9.90 Å². The molecule has 0 heterocycles. The van der Waals surface area contributed by atoms with Crippen LogP contribution in [0.1, 0.15) is 37.7 Å². The molecule has 3 nitrogen and oxygen atoms in total. The van der Waals surface area contributed by atoms with E-state index in [2.05, 4.69) is 6.92 Å². The second-order valence-corrected chi connectivity index (χ2v) is 4.52. The van der Waals surface area contributed by atoms with Gasteiger partial charge in [-0.05, 0) is 24.1 Å². The minimum atomic E-state index is -0.0921. The maximum absolute atomic E-state index is 12.1. The number of aromatic hydroxyl groups is 1. The number of carbonyl (C=O) groups excluding carboxylic acids is 1. The van der Waals surface area contributed by atoms with Crippen molar-refractivity contribution in [2.24, 2.45) is 0 Å². The van der Waals surface area contributed by atoms with E-state index in [1.54, 1.807) is 31.1 Å². The molecule has 1 N–H and O–H groups in total. The van der Waals surface area contributed by atoms with Crippen LogP contribution < -0.4 is 0 Å². The quantitative estimate of drug-likeness (QED) is 0.852.